The van der Waals surface area contributed by atoms with Crippen molar-refractivity contribution in [2.75, 3.05) is 0 Å². The van der Waals surface area contributed by atoms with Crippen molar-refractivity contribution in [2.24, 2.45) is 0 Å². The Labute approximate surface area is 130 Å². The molecule has 0 saturated carbocycles. The van der Waals surface area contributed by atoms with Crippen LogP contribution in [0.2, 0.25) is 0 Å². The van der Waals surface area contributed by atoms with Crippen LogP contribution in [0.5, 0.6) is 5.75 Å². The van der Waals surface area contributed by atoms with E-state index in [0.29, 0.717) is 0 Å². The Balaban J connectivity index is 2.15. The first-order valence-corrected chi connectivity index (χ1v) is 7.34. The molecule has 0 spiro atoms. The van der Waals surface area contributed by atoms with Gasteiger partial charge in [0.2, 0.25) is 0 Å². The Morgan fingerprint density at radius 1 is 0.864 bits per heavy atom. The van der Waals surface area contributed by atoms with E-state index in [1.807, 2.05) is 25.1 Å². The van der Waals surface area contributed by atoms with E-state index in [0.717, 1.165) is 5.56 Å². The highest BCUT2D eigenvalue weighted by atomic mass is 19.3. The lowest BCUT2D eigenvalue weighted by atomic mass is 10.00. The van der Waals surface area contributed by atoms with Crippen LogP contribution in [0, 0.1) is 6.92 Å². The first-order valence-electron chi connectivity index (χ1n) is 7.34. The van der Waals surface area contributed by atoms with E-state index in [4.69, 9.17) is 0 Å². The zero-order valence-electron chi connectivity index (χ0n) is 13.0. The van der Waals surface area contributed by atoms with Gasteiger partial charge in [0.15, 0.2) is 0 Å². The second-order valence-electron chi connectivity index (χ2n) is 5.38. The molecule has 2 nitrogen and oxygen atoms in total. The molecule has 0 aromatic heterocycles. The highest BCUT2D eigenvalue weighted by Gasteiger charge is 2.17. The SMILES string of the molecule is Cc1ccccc1C(C)NC(C)c1ccccc1OC(F)F. The molecule has 118 valence electrons. The molecule has 2 atom stereocenters. The van der Waals surface area contributed by atoms with Gasteiger partial charge in [-0.05, 0) is 38.0 Å². The van der Waals surface area contributed by atoms with Crippen molar-refractivity contribution < 1.29 is 13.5 Å². The van der Waals surface area contributed by atoms with Gasteiger partial charge in [0.1, 0.15) is 5.75 Å². The number of para-hydroxylation sites is 1. The van der Waals surface area contributed by atoms with Gasteiger partial charge in [-0.3, -0.25) is 0 Å². The van der Waals surface area contributed by atoms with Crippen LogP contribution in [0.25, 0.3) is 0 Å². The molecule has 1 N–H and O–H groups in total. The van der Waals surface area contributed by atoms with Gasteiger partial charge in [-0.15, -0.1) is 0 Å². The van der Waals surface area contributed by atoms with Crippen molar-refractivity contribution in [1.82, 2.24) is 5.32 Å². The number of ether oxygens (including phenoxy) is 1. The molecule has 0 heterocycles. The summed E-state index contributed by atoms with van der Waals surface area (Å²) in [5, 5.41) is 3.44. The van der Waals surface area contributed by atoms with E-state index in [9.17, 15) is 8.78 Å². The molecule has 2 unspecified atom stereocenters. The van der Waals surface area contributed by atoms with Crippen LogP contribution in [-0.2, 0) is 0 Å². The second-order valence-corrected chi connectivity index (χ2v) is 5.38. The zero-order chi connectivity index (χ0) is 16.1. The summed E-state index contributed by atoms with van der Waals surface area (Å²) in [5.41, 5.74) is 3.12. The van der Waals surface area contributed by atoms with Gasteiger partial charge in [-0.2, -0.15) is 8.78 Å². The lowest BCUT2D eigenvalue weighted by molar-refractivity contribution is -0.0506. The predicted molar refractivity (Wildman–Crippen MR) is 84.2 cm³/mol. The fourth-order valence-corrected chi connectivity index (χ4v) is 2.67. The molecule has 2 aromatic rings. The van der Waals surface area contributed by atoms with Gasteiger partial charge in [-0.25, -0.2) is 0 Å². The average Bonchev–Trinajstić information content (AvgIpc) is 2.47. The molecule has 0 aliphatic rings. The van der Waals surface area contributed by atoms with E-state index in [1.165, 1.54) is 11.1 Å². The molecule has 2 rings (SSSR count). The number of rotatable bonds is 6. The summed E-state index contributed by atoms with van der Waals surface area (Å²) in [7, 11) is 0. The quantitative estimate of drug-likeness (QED) is 0.810. The number of aryl methyl sites for hydroxylation is 1. The third-order valence-corrected chi connectivity index (χ3v) is 3.76. The van der Waals surface area contributed by atoms with Crippen LogP contribution in [0.1, 0.15) is 42.6 Å². The normalized spacial score (nSPS) is 13.9. The second kappa shape index (κ2) is 7.36. The summed E-state index contributed by atoms with van der Waals surface area (Å²) in [4.78, 5) is 0. The van der Waals surface area contributed by atoms with Crippen molar-refractivity contribution in [3.8, 4) is 5.75 Å². The number of alkyl halides is 2. The molecule has 0 amide bonds. The topological polar surface area (TPSA) is 21.3 Å². The first kappa shape index (κ1) is 16.4. The van der Waals surface area contributed by atoms with E-state index in [-0.39, 0.29) is 17.8 Å². The molecule has 0 bridgehead atoms. The van der Waals surface area contributed by atoms with E-state index < -0.39 is 6.61 Å². The summed E-state index contributed by atoms with van der Waals surface area (Å²) in [6.07, 6.45) is 0. The molecule has 4 heteroatoms. The van der Waals surface area contributed by atoms with Crippen molar-refractivity contribution in [3.63, 3.8) is 0 Å². The highest BCUT2D eigenvalue weighted by molar-refractivity contribution is 5.36. The summed E-state index contributed by atoms with van der Waals surface area (Å²) in [6, 6.07) is 15.0. The maximum atomic E-state index is 12.5. The van der Waals surface area contributed by atoms with Crippen LogP contribution >= 0.6 is 0 Å². The summed E-state index contributed by atoms with van der Waals surface area (Å²) in [5.74, 6) is 0.217. The van der Waals surface area contributed by atoms with Crippen LogP contribution in [-0.4, -0.2) is 6.61 Å². The minimum Gasteiger partial charge on any atom is -0.434 e. The van der Waals surface area contributed by atoms with Crippen LogP contribution in [0.3, 0.4) is 0 Å². The Bertz CT molecular complexity index is 616. The summed E-state index contributed by atoms with van der Waals surface area (Å²) >= 11 is 0. The lowest BCUT2D eigenvalue weighted by Gasteiger charge is -2.23. The van der Waals surface area contributed by atoms with E-state index >= 15 is 0 Å². The van der Waals surface area contributed by atoms with Gasteiger partial charge in [0.05, 0.1) is 0 Å². The van der Waals surface area contributed by atoms with Crippen LogP contribution < -0.4 is 10.1 Å². The molecular weight excluding hydrogens is 284 g/mol. The van der Waals surface area contributed by atoms with Gasteiger partial charge in [0, 0.05) is 17.6 Å². The third kappa shape index (κ3) is 4.04. The lowest BCUT2D eigenvalue weighted by Crippen LogP contribution is -2.23. The maximum absolute atomic E-state index is 12.5. The van der Waals surface area contributed by atoms with Crippen molar-refractivity contribution in [2.45, 2.75) is 39.5 Å². The Morgan fingerprint density at radius 2 is 1.41 bits per heavy atom. The molecule has 2 aromatic carbocycles. The summed E-state index contributed by atoms with van der Waals surface area (Å²) in [6.45, 7) is 3.26. The molecule has 0 aliphatic heterocycles. The Hall–Kier alpha value is -1.94. The minimum absolute atomic E-state index is 0.107. The van der Waals surface area contributed by atoms with Crippen molar-refractivity contribution >= 4 is 0 Å². The standard InChI is InChI=1S/C18H21F2NO/c1-12-8-4-5-9-15(12)13(2)21-14(3)16-10-6-7-11-17(16)22-18(19)20/h4-11,13-14,18,21H,1-3H3. The van der Waals surface area contributed by atoms with Crippen LogP contribution in [0.15, 0.2) is 48.5 Å². The average molecular weight is 305 g/mol. The van der Waals surface area contributed by atoms with Crippen LogP contribution in [0.4, 0.5) is 8.78 Å². The smallest absolute Gasteiger partial charge is 0.387 e. The number of nitrogens with one attached hydrogen (secondary N) is 1. The minimum atomic E-state index is -2.82. The summed E-state index contributed by atoms with van der Waals surface area (Å²) < 4.78 is 29.6. The number of benzene rings is 2. The van der Waals surface area contributed by atoms with Gasteiger partial charge in [-0.1, -0.05) is 42.5 Å². The first-order chi connectivity index (χ1) is 10.5. The number of halogens is 2. The highest BCUT2D eigenvalue weighted by Crippen LogP contribution is 2.28. The van der Waals surface area contributed by atoms with Crippen molar-refractivity contribution in [3.05, 3.63) is 65.2 Å². The predicted octanol–water partition coefficient (Wildman–Crippen LogP) is 5.01. The molecule has 0 fully saturated rings. The Morgan fingerprint density at radius 3 is 2.05 bits per heavy atom. The van der Waals surface area contributed by atoms with Crippen molar-refractivity contribution in [1.29, 1.82) is 0 Å². The third-order valence-electron chi connectivity index (χ3n) is 3.76. The number of hydrogen-bond acceptors (Lipinski definition) is 2. The maximum Gasteiger partial charge on any atom is 0.387 e. The van der Waals surface area contributed by atoms with Gasteiger partial charge >= 0.3 is 6.61 Å². The zero-order valence-corrected chi connectivity index (χ0v) is 13.0. The van der Waals surface area contributed by atoms with Gasteiger partial charge in [0.25, 0.3) is 0 Å². The fraction of sp³-hybridized carbons (Fsp3) is 0.333. The Kier molecular flexibility index (Phi) is 5.50. The molecule has 0 radical (unpaired) electrons. The van der Waals surface area contributed by atoms with E-state index in [2.05, 4.69) is 36.0 Å². The molecular formula is C18H21F2NO. The molecule has 22 heavy (non-hydrogen) atoms. The molecule has 0 saturated heterocycles. The fourth-order valence-electron chi connectivity index (χ4n) is 2.67. The molecule has 0 aliphatic carbocycles. The monoisotopic (exact) mass is 305 g/mol. The largest absolute Gasteiger partial charge is 0.434 e. The van der Waals surface area contributed by atoms with Gasteiger partial charge < -0.3 is 10.1 Å². The number of hydrogen-bond donors (Lipinski definition) is 1. The van der Waals surface area contributed by atoms with E-state index in [1.54, 1.807) is 18.2 Å².